The maximum Gasteiger partial charge on any atom is 0.156 e. The van der Waals surface area contributed by atoms with E-state index in [-0.39, 0.29) is 6.61 Å². The first-order chi connectivity index (χ1) is 8.76. The molecule has 0 aliphatic heterocycles. The van der Waals surface area contributed by atoms with Crippen molar-refractivity contribution in [2.24, 2.45) is 0 Å². The van der Waals surface area contributed by atoms with E-state index >= 15 is 0 Å². The second-order valence-electron chi connectivity index (χ2n) is 3.64. The van der Waals surface area contributed by atoms with Crippen molar-refractivity contribution in [3.63, 3.8) is 0 Å². The maximum atomic E-state index is 10.9. The molecule has 0 heterocycles. The summed E-state index contributed by atoms with van der Waals surface area (Å²) in [6.45, 7) is -0.142. The molecule has 2 rings (SSSR count). The molecule has 0 radical (unpaired) electrons. The minimum atomic E-state index is -0.142. The summed E-state index contributed by atoms with van der Waals surface area (Å²) in [5.41, 5.74) is 1.00. The van der Waals surface area contributed by atoms with Crippen LogP contribution < -0.4 is 4.74 Å². The summed E-state index contributed by atoms with van der Waals surface area (Å²) in [4.78, 5) is 10.9. The Labute approximate surface area is 110 Å². The second kappa shape index (κ2) is 5.67. The molecular formula is C14H11ClO3. The van der Waals surface area contributed by atoms with Crippen molar-refractivity contribution >= 4 is 17.9 Å². The Morgan fingerprint density at radius 3 is 2.67 bits per heavy atom. The molecule has 0 aliphatic rings. The van der Waals surface area contributed by atoms with Gasteiger partial charge in [0.1, 0.15) is 5.75 Å². The van der Waals surface area contributed by atoms with Crippen LogP contribution in [0.3, 0.4) is 0 Å². The number of carbonyl (C=O) groups excluding carboxylic acids is 1. The first kappa shape index (κ1) is 12.6. The van der Waals surface area contributed by atoms with Crippen LogP contribution in [-0.4, -0.2) is 11.4 Å². The Morgan fingerprint density at radius 1 is 1.17 bits per heavy atom. The highest BCUT2D eigenvalue weighted by molar-refractivity contribution is 6.32. The molecule has 2 aromatic rings. The van der Waals surface area contributed by atoms with Gasteiger partial charge in [0.05, 0.1) is 17.2 Å². The Kier molecular flexibility index (Phi) is 3.97. The number of benzene rings is 2. The minimum Gasteiger partial charge on any atom is -0.455 e. The van der Waals surface area contributed by atoms with Crippen molar-refractivity contribution in [2.75, 3.05) is 0 Å². The third kappa shape index (κ3) is 2.53. The van der Waals surface area contributed by atoms with Crippen LogP contribution in [0.15, 0.2) is 42.5 Å². The largest absolute Gasteiger partial charge is 0.455 e. The molecular weight excluding hydrogens is 252 g/mol. The van der Waals surface area contributed by atoms with E-state index in [0.717, 1.165) is 0 Å². The number of para-hydroxylation sites is 2. The van der Waals surface area contributed by atoms with E-state index in [4.69, 9.17) is 16.3 Å². The zero-order valence-corrected chi connectivity index (χ0v) is 10.2. The fourth-order valence-corrected chi connectivity index (χ4v) is 1.79. The summed E-state index contributed by atoms with van der Waals surface area (Å²) in [6.07, 6.45) is 0.683. The smallest absolute Gasteiger partial charge is 0.156 e. The quantitative estimate of drug-likeness (QED) is 0.859. The monoisotopic (exact) mass is 262 g/mol. The third-order valence-electron chi connectivity index (χ3n) is 2.48. The number of aliphatic hydroxyl groups excluding tert-OH is 1. The predicted molar refractivity (Wildman–Crippen MR) is 69.3 cm³/mol. The van der Waals surface area contributed by atoms with Crippen LogP contribution in [0.25, 0.3) is 0 Å². The molecule has 92 valence electrons. The second-order valence-corrected chi connectivity index (χ2v) is 4.05. The van der Waals surface area contributed by atoms with Gasteiger partial charge >= 0.3 is 0 Å². The molecule has 0 fully saturated rings. The van der Waals surface area contributed by atoms with Gasteiger partial charge in [-0.1, -0.05) is 35.9 Å². The van der Waals surface area contributed by atoms with Crippen molar-refractivity contribution in [3.8, 4) is 11.5 Å². The molecule has 2 aromatic carbocycles. The summed E-state index contributed by atoms with van der Waals surface area (Å²) in [6, 6.07) is 12.0. The van der Waals surface area contributed by atoms with Gasteiger partial charge in [-0.05, 0) is 18.2 Å². The van der Waals surface area contributed by atoms with Gasteiger partial charge < -0.3 is 9.84 Å². The first-order valence-corrected chi connectivity index (χ1v) is 5.74. The molecule has 18 heavy (non-hydrogen) atoms. The van der Waals surface area contributed by atoms with Crippen LogP contribution in [0.4, 0.5) is 0 Å². The Hall–Kier alpha value is -1.84. The minimum absolute atomic E-state index is 0.142. The average molecular weight is 263 g/mol. The van der Waals surface area contributed by atoms with Gasteiger partial charge in [0.15, 0.2) is 12.0 Å². The van der Waals surface area contributed by atoms with Crippen molar-refractivity contribution in [1.82, 2.24) is 0 Å². The molecule has 0 aromatic heterocycles. The molecule has 0 saturated heterocycles. The standard InChI is InChI=1S/C14H11ClO3/c15-12-6-3-5-11(9-17)14(12)18-13-7-2-1-4-10(13)8-16/h1-7,9,16H,8H2. The molecule has 4 heteroatoms. The lowest BCUT2D eigenvalue weighted by molar-refractivity contribution is 0.112. The summed E-state index contributed by atoms with van der Waals surface area (Å²) < 4.78 is 5.63. The van der Waals surface area contributed by atoms with E-state index in [1.165, 1.54) is 0 Å². The molecule has 0 saturated carbocycles. The summed E-state index contributed by atoms with van der Waals surface area (Å²) >= 11 is 6.01. The third-order valence-corrected chi connectivity index (χ3v) is 2.78. The summed E-state index contributed by atoms with van der Waals surface area (Å²) in [5.74, 6) is 0.784. The molecule has 0 spiro atoms. The lowest BCUT2D eigenvalue weighted by atomic mass is 10.2. The van der Waals surface area contributed by atoms with Crippen molar-refractivity contribution in [2.45, 2.75) is 6.61 Å². The number of halogens is 1. The van der Waals surface area contributed by atoms with Gasteiger partial charge in [0, 0.05) is 5.56 Å². The van der Waals surface area contributed by atoms with Gasteiger partial charge in [-0.2, -0.15) is 0 Å². The highest BCUT2D eigenvalue weighted by atomic mass is 35.5. The van der Waals surface area contributed by atoms with Crippen molar-refractivity contribution < 1.29 is 14.6 Å². The Morgan fingerprint density at radius 2 is 1.94 bits per heavy atom. The number of aldehydes is 1. The fraction of sp³-hybridized carbons (Fsp3) is 0.0714. The molecule has 1 N–H and O–H groups in total. The van der Waals surface area contributed by atoms with Crippen molar-refractivity contribution in [3.05, 3.63) is 58.6 Å². The van der Waals surface area contributed by atoms with E-state index in [1.54, 1.807) is 42.5 Å². The normalized spacial score (nSPS) is 10.1. The lowest BCUT2D eigenvalue weighted by Gasteiger charge is -2.12. The summed E-state index contributed by atoms with van der Waals surface area (Å²) in [7, 11) is 0. The average Bonchev–Trinajstić information content (AvgIpc) is 2.41. The number of hydrogen-bond donors (Lipinski definition) is 1. The van der Waals surface area contributed by atoms with Gasteiger partial charge in [-0.15, -0.1) is 0 Å². The van der Waals surface area contributed by atoms with Crippen LogP contribution in [0.5, 0.6) is 11.5 Å². The molecule has 3 nitrogen and oxygen atoms in total. The number of rotatable bonds is 4. The molecule has 0 amide bonds. The number of ether oxygens (including phenoxy) is 1. The lowest BCUT2D eigenvalue weighted by Crippen LogP contribution is -1.95. The molecule has 0 atom stereocenters. The van der Waals surface area contributed by atoms with Crippen LogP contribution >= 0.6 is 11.6 Å². The SMILES string of the molecule is O=Cc1cccc(Cl)c1Oc1ccccc1CO. The van der Waals surface area contributed by atoms with E-state index < -0.39 is 0 Å². The highest BCUT2D eigenvalue weighted by Gasteiger charge is 2.11. The Balaban J connectivity index is 2.42. The van der Waals surface area contributed by atoms with Crippen LogP contribution in [0, 0.1) is 0 Å². The number of aliphatic hydroxyl groups is 1. The summed E-state index contributed by atoms with van der Waals surface area (Å²) in [5, 5.41) is 9.56. The van der Waals surface area contributed by atoms with E-state index in [2.05, 4.69) is 0 Å². The van der Waals surface area contributed by atoms with Crippen molar-refractivity contribution in [1.29, 1.82) is 0 Å². The fourth-order valence-electron chi connectivity index (χ4n) is 1.57. The van der Waals surface area contributed by atoms with Gasteiger partial charge in [-0.3, -0.25) is 4.79 Å². The maximum absolute atomic E-state index is 10.9. The predicted octanol–water partition coefficient (Wildman–Crippen LogP) is 3.44. The van der Waals surface area contributed by atoms with Crippen LogP contribution in [0.1, 0.15) is 15.9 Å². The van der Waals surface area contributed by atoms with Crippen LogP contribution in [-0.2, 0) is 6.61 Å². The van der Waals surface area contributed by atoms with E-state index in [1.807, 2.05) is 0 Å². The van der Waals surface area contributed by atoms with Gasteiger partial charge in [-0.25, -0.2) is 0 Å². The van der Waals surface area contributed by atoms with E-state index in [0.29, 0.717) is 33.9 Å². The topological polar surface area (TPSA) is 46.5 Å². The molecule has 0 aliphatic carbocycles. The van der Waals surface area contributed by atoms with Crippen LogP contribution in [0.2, 0.25) is 5.02 Å². The highest BCUT2D eigenvalue weighted by Crippen LogP contribution is 2.33. The number of hydrogen-bond acceptors (Lipinski definition) is 3. The number of carbonyl (C=O) groups is 1. The molecule has 0 bridgehead atoms. The zero-order chi connectivity index (χ0) is 13.0. The Bertz CT molecular complexity index is 567. The first-order valence-electron chi connectivity index (χ1n) is 5.36. The van der Waals surface area contributed by atoms with Gasteiger partial charge in [0.2, 0.25) is 0 Å². The molecule has 0 unspecified atom stereocenters. The van der Waals surface area contributed by atoms with E-state index in [9.17, 15) is 9.90 Å². The van der Waals surface area contributed by atoms with Gasteiger partial charge in [0.25, 0.3) is 0 Å². The zero-order valence-electron chi connectivity index (χ0n) is 9.47.